The van der Waals surface area contributed by atoms with Crippen molar-refractivity contribution < 1.29 is 29.3 Å². The van der Waals surface area contributed by atoms with Crippen LogP contribution in [0.2, 0.25) is 0 Å². The molecule has 4 N–H and O–H groups in total. The van der Waals surface area contributed by atoms with Crippen molar-refractivity contribution in [3.05, 3.63) is 47.3 Å². The number of hydrogen-bond donors (Lipinski definition) is 4. The number of amides is 1. The molecular weight excluding hydrogens is 419 g/mol. The van der Waals surface area contributed by atoms with E-state index in [4.69, 9.17) is 0 Å². The van der Waals surface area contributed by atoms with Crippen molar-refractivity contribution in [1.82, 2.24) is 10.2 Å². The highest BCUT2D eigenvalue weighted by atomic mass is 33.1. The fourth-order valence-electron chi connectivity index (χ4n) is 2.99. The highest BCUT2D eigenvalue weighted by Crippen LogP contribution is 2.37. The maximum Gasteiger partial charge on any atom is 0.328 e. The predicted octanol–water partition coefficient (Wildman–Crippen LogP) is 1.61. The molecule has 1 amide bonds. The fourth-order valence-corrected chi connectivity index (χ4v) is 5.93. The molecule has 2 atom stereocenters. The summed E-state index contributed by atoms with van der Waals surface area (Å²) in [5.74, 6) is -1.42. The van der Waals surface area contributed by atoms with Crippen LogP contribution in [0.25, 0.3) is 0 Å². The third-order valence-electron chi connectivity index (χ3n) is 4.37. The van der Waals surface area contributed by atoms with Crippen LogP contribution in [0.4, 0.5) is 4.39 Å². The highest BCUT2D eigenvalue weighted by Gasteiger charge is 2.27. The summed E-state index contributed by atoms with van der Waals surface area (Å²) in [5.41, 5.74) is 1.29. The number of nitrogens with zero attached hydrogens (tertiary/aromatic N) is 1. The summed E-state index contributed by atoms with van der Waals surface area (Å²) in [7, 11) is 2.79. The largest absolute Gasteiger partial charge is 0.478 e. The van der Waals surface area contributed by atoms with E-state index < -0.39 is 18.3 Å². The number of likely N-dealkylation sites (tertiary alicyclic amines) is 1. The number of carboxylic acids is 1. The SMILES string of the molecule is CC(=O)N[C@@H](CSSC1CCN(Cc2ccccc2F)C/C1=C/C(=O)O)C(O)O. The number of carbonyl (C=O) groups excluding carboxylic acids is 1. The van der Waals surface area contributed by atoms with Crippen LogP contribution >= 0.6 is 21.6 Å². The van der Waals surface area contributed by atoms with Crippen molar-refractivity contribution in [1.29, 1.82) is 0 Å². The summed E-state index contributed by atoms with van der Waals surface area (Å²) in [6, 6.07) is 5.72. The Balaban J connectivity index is 1.96. The minimum absolute atomic E-state index is 0.0678. The van der Waals surface area contributed by atoms with E-state index in [0.717, 1.165) is 5.57 Å². The van der Waals surface area contributed by atoms with E-state index in [9.17, 15) is 29.3 Å². The number of benzene rings is 1. The summed E-state index contributed by atoms with van der Waals surface area (Å²) < 4.78 is 13.9. The number of carbonyl (C=O) groups is 2. The molecule has 1 saturated heterocycles. The van der Waals surface area contributed by atoms with Crippen molar-refractivity contribution in [2.75, 3.05) is 18.8 Å². The minimum Gasteiger partial charge on any atom is -0.478 e. The smallest absolute Gasteiger partial charge is 0.328 e. The number of nitrogens with one attached hydrogen (secondary N) is 1. The molecule has 1 aromatic carbocycles. The average molecular weight is 445 g/mol. The Morgan fingerprint density at radius 2 is 2.10 bits per heavy atom. The monoisotopic (exact) mass is 444 g/mol. The lowest BCUT2D eigenvalue weighted by Crippen LogP contribution is -2.44. The summed E-state index contributed by atoms with van der Waals surface area (Å²) in [6.45, 7) is 2.79. The summed E-state index contributed by atoms with van der Waals surface area (Å²) >= 11 is 0. The van der Waals surface area contributed by atoms with E-state index in [1.165, 1.54) is 40.7 Å². The van der Waals surface area contributed by atoms with Gasteiger partial charge in [0, 0.05) is 49.2 Å². The topological polar surface area (TPSA) is 110 Å². The van der Waals surface area contributed by atoms with Crippen LogP contribution in [0.1, 0.15) is 18.9 Å². The molecule has 1 aliphatic heterocycles. The number of piperidine rings is 1. The second kappa shape index (κ2) is 11.6. The van der Waals surface area contributed by atoms with Crippen molar-refractivity contribution in [3.8, 4) is 0 Å². The van der Waals surface area contributed by atoms with Crippen LogP contribution in [0.5, 0.6) is 0 Å². The van der Waals surface area contributed by atoms with Gasteiger partial charge in [0.15, 0.2) is 6.29 Å². The molecule has 2 rings (SSSR count). The first-order chi connectivity index (χ1) is 13.8. The molecular formula is C19H25FN2O5S2. The van der Waals surface area contributed by atoms with Gasteiger partial charge in [-0.25, -0.2) is 9.18 Å². The van der Waals surface area contributed by atoms with Crippen LogP contribution < -0.4 is 5.32 Å². The van der Waals surface area contributed by atoms with E-state index in [1.807, 2.05) is 4.90 Å². The van der Waals surface area contributed by atoms with Crippen molar-refractivity contribution in [2.24, 2.45) is 0 Å². The Morgan fingerprint density at radius 1 is 1.38 bits per heavy atom. The van der Waals surface area contributed by atoms with E-state index in [0.29, 0.717) is 31.6 Å². The molecule has 160 valence electrons. The molecule has 29 heavy (non-hydrogen) atoms. The highest BCUT2D eigenvalue weighted by molar-refractivity contribution is 8.77. The zero-order chi connectivity index (χ0) is 21.4. The number of hydrogen-bond acceptors (Lipinski definition) is 7. The molecule has 0 aromatic heterocycles. The Kier molecular flexibility index (Phi) is 9.44. The molecule has 1 fully saturated rings. The van der Waals surface area contributed by atoms with Gasteiger partial charge in [0.05, 0.1) is 6.04 Å². The summed E-state index contributed by atoms with van der Waals surface area (Å²) in [4.78, 5) is 24.4. The molecule has 0 bridgehead atoms. The van der Waals surface area contributed by atoms with Gasteiger partial charge < -0.3 is 20.6 Å². The molecule has 1 aliphatic rings. The number of aliphatic carboxylic acids is 1. The first-order valence-electron chi connectivity index (χ1n) is 9.07. The first kappa shape index (κ1) is 23.7. The molecule has 1 heterocycles. The van der Waals surface area contributed by atoms with E-state index in [-0.39, 0.29) is 22.7 Å². The molecule has 0 spiro atoms. The molecule has 1 unspecified atom stereocenters. The van der Waals surface area contributed by atoms with E-state index in [2.05, 4.69) is 5.32 Å². The quantitative estimate of drug-likeness (QED) is 0.258. The van der Waals surface area contributed by atoms with Crippen LogP contribution in [-0.4, -0.2) is 68.5 Å². The second-order valence-electron chi connectivity index (χ2n) is 6.74. The third-order valence-corrected chi connectivity index (χ3v) is 7.28. The predicted molar refractivity (Wildman–Crippen MR) is 112 cm³/mol. The Hall–Kier alpha value is -1.59. The van der Waals surface area contributed by atoms with Gasteiger partial charge in [0.25, 0.3) is 0 Å². The lowest BCUT2D eigenvalue weighted by Gasteiger charge is -2.34. The standard InChI is InChI=1S/C19H25FN2O5S2/c1-12(23)21-16(19(26)27)11-28-29-17-6-7-22(10-14(17)8-18(24)25)9-13-4-2-3-5-15(13)20/h2-5,8,16-17,19,26-27H,6-7,9-11H2,1H3,(H,21,23)(H,24,25)/b14-8-/t16-,17?/m0/s1. The fraction of sp³-hybridized carbons (Fsp3) is 0.474. The van der Waals surface area contributed by atoms with E-state index in [1.54, 1.807) is 18.2 Å². The maximum absolute atomic E-state index is 13.9. The van der Waals surface area contributed by atoms with E-state index >= 15 is 0 Å². The number of rotatable bonds is 9. The summed E-state index contributed by atoms with van der Waals surface area (Å²) in [5, 5.41) is 30.3. The Morgan fingerprint density at radius 3 is 2.72 bits per heavy atom. The molecule has 7 nitrogen and oxygen atoms in total. The van der Waals surface area contributed by atoms with Gasteiger partial charge in [-0.3, -0.25) is 9.69 Å². The first-order valence-corrected chi connectivity index (χ1v) is 11.4. The van der Waals surface area contributed by atoms with Gasteiger partial charge in [-0.05, 0) is 18.1 Å². The number of halogens is 1. The Labute approximate surface area is 176 Å². The third kappa shape index (κ3) is 7.98. The molecule has 10 heteroatoms. The van der Waals surface area contributed by atoms with Gasteiger partial charge in [0.2, 0.25) is 5.91 Å². The van der Waals surface area contributed by atoms with Crippen LogP contribution in [0, 0.1) is 5.82 Å². The van der Waals surface area contributed by atoms with Gasteiger partial charge in [-0.2, -0.15) is 0 Å². The molecule has 0 radical (unpaired) electrons. The van der Waals surface area contributed by atoms with Crippen molar-refractivity contribution in [2.45, 2.75) is 37.5 Å². The normalized spacial score (nSPS) is 20.0. The lowest BCUT2D eigenvalue weighted by molar-refractivity contribution is -0.131. The molecule has 0 saturated carbocycles. The van der Waals surface area contributed by atoms with Crippen LogP contribution in [0.3, 0.4) is 0 Å². The van der Waals surface area contributed by atoms with Gasteiger partial charge in [0.1, 0.15) is 5.82 Å². The molecule has 1 aromatic rings. The number of aliphatic hydroxyl groups is 2. The van der Waals surface area contributed by atoms with Gasteiger partial charge in [-0.15, -0.1) is 0 Å². The minimum atomic E-state index is -1.68. The van der Waals surface area contributed by atoms with Crippen molar-refractivity contribution >= 4 is 33.5 Å². The van der Waals surface area contributed by atoms with Crippen LogP contribution in [-0.2, 0) is 16.1 Å². The zero-order valence-corrected chi connectivity index (χ0v) is 17.6. The zero-order valence-electron chi connectivity index (χ0n) is 16.0. The number of aliphatic hydroxyl groups excluding tert-OH is 1. The summed E-state index contributed by atoms with van der Waals surface area (Å²) in [6.07, 6.45) is 0.194. The van der Waals surface area contributed by atoms with Crippen molar-refractivity contribution in [3.63, 3.8) is 0 Å². The maximum atomic E-state index is 13.9. The Bertz CT molecular complexity index is 747. The van der Waals surface area contributed by atoms with Gasteiger partial charge >= 0.3 is 5.97 Å². The lowest BCUT2D eigenvalue weighted by atomic mass is 10.0. The average Bonchev–Trinajstić information content (AvgIpc) is 2.63. The second-order valence-corrected chi connectivity index (χ2v) is 9.35. The van der Waals surface area contributed by atoms with Crippen LogP contribution in [0.15, 0.2) is 35.9 Å². The number of carboxylic acid groups (broad SMARTS) is 1. The molecule has 0 aliphatic carbocycles. The van der Waals surface area contributed by atoms with Gasteiger partial charge in [-0.1, -0.05) is 39.8 Å².